The van der Waals surface area contributed by atoms with Gasteiger partial charge in [0.15, 0.2) is 5.82 Å². The minimum absolute atomic E-state index is 0.720. The summed E-state index contributed by atoms with van der Waals surface area (Å²) in [6, 6.07) is 6.47. The topological polar surface area (TPSA) is 44.9 Å². The van der Waals surface area contributed by atoms with Gasteiger partial charge in [0.2, 0.25) is 0 Å². The zero-order valence-electron chi connectivity index (χ0n) is 13.7. The number of aryl methyl sites for hydroxylation is 1. The fraction of sp³-hybridized carbons (Fsp3) is 0.444. The van der Waals surface area contributed by atoms with Crippen LogP contribution in [0.5, 0.6) is 0 Å². The Hall–Kier alpha value is -2.14. The summed E-state index contributed by atoms with van der Waals surface area (Å²) in [6.45, 7) is 4.74. The highest BCUT2D eigenvalue weighted by Gasteiger charge is 2.22. The quantitative estimate of drug-likeness (QED) is 0.702. The fourth-order valence-electron chi connectivity index (χ4n) is 3.07. The van der Waals surface area contributed by atoms with Crippen molar-refractivity contribution in [2.24, 2.45) is 5.92 Å². The first-order valence-electron chi connectivity index (χ1n) is 8.23. The molecule has 1 aliphatic carbocycles. The third kappa shape index (κ3) is 2.88. The van der Waals surface area contributed by atoms with Gasteiger partial charge >= 0.3 is 0 Å². The average molecular weight is 310 g/mol. The Balaban J connectivity index is 1.65. The predicted molar refractivity (Wildman–Crippen MR) is 90.3 cm³/mol. The summed E-state index contributed by atoms with van der Waals surface area (Å²) in [5.74, 6) is 1.63. The Morgan fingerprint density at radius 1 is 1.30 bits per heavy atom. The minimum Gasteiger partial charge on any atom is -0.383 e. The van der Waals surface area contributed by atoms with E-state index in [1.807, 2.05) is 11.0 Å². The molecule has 0 atom stereocenters. The minimum atomic E-state index is 0.720. The van der Waals surface area contributed by atoms with E-state index < -0.39 is 0 Å². The van der Waals surface area contributed by atoms with Gasteiger partial charge in [0.25, 0.3) is 0 Å². The third-order valence-electron chi connectivity index (χ3n) is 4.55. The smallest absolute Gasteiger partial charge is 0.181 e. The van der Waals surface area contributed by atoms with Gasteiger partial charge < -0.3 is 9.30 Å². The van der Waals surface area contributed by atoms with Crippen LogP contribution in [0.15, 0.2) is 30.7 Å². The monoisotopic (exact) mass is 310 g/mol. The molecule has 0 spiro atoms. The van der Waals surface area contributed by atoms with E-state index in [1.54, 1.807) is 7.11 Å². The normalized spacial score (nSPS) is 14.7. The number of methoxy groups -OCH3 is 1. The number of fused-ring (bicyclic) bond motifs is 1. The van der Waals surface area contributed by atoms with Crippen molar-refractivity contribution in [2.45, 2.75) is 32.9 Å². The van der Waals surface area contributed by atoms with Gasteiger partial charge in [-0.2, -0.15) is 5.10 Å². The number of hydrogen-bond donors (Lipinski definition) is 0. The highest BCUT2D eigenvalue weighted by molar-refractivity contribution is 5.87. The van der Waals surface area contributed by atoms with Crippen molar-refractivity contribution in [1.82, 2.24) is 19.3 Å². The fourth-order valence-corrected chi connectivity index (χ4v) is 3.07. The van der Waals surface area contributed by atoms with Gasteiger partial charge in [-0.1, -0.05) is 0 Å². The molecule has 120 valence electrons. The summed E-state index contributed by atoms with van der Waals surface area (Å²) in [5, 5.41) is 5.89. The molecule has 1 aromatic carbocycles. The first-order valence-corrected chi connectivity index (χ1v) is 8.23. The van der Waals surface area contributed by atoms with Crippen molar-refractivity contribution in [3.8, 4) is 11.4 Å². The van der Waals surface area contributed by atoms with Crippen LogP contribution >= 0.6 is 0 Å². The van der Waals surface area contributed by atoms with Crippen LogP contribution in [-0.4, -0.2) is 33.0 Å². The molecule has 0 bridgehead atoms. The maximum absolute atomic E-state index is 5.19. The zero-order chi connectivity index (χ0) is 15.8. The molecule has 0 radical (unpaired) electrons. The Bertz CT molecular complexity index is 829. The van der Waals surface area contributed by atoms with E-state index in [2.05, 4.69) is 46.0 Å². The van der Waals surface area contributed by atoms with Crippen molar-refractivity contribution in [3.05, 3.63) is 36.3 Å². The Morgan fingerprint density at radius 2 is 2.17 bits per heavy atom. The summed E-state index contributed by atoms with van der Waals surface area (Å²) >= 11 is 0. The highest BCUT2D eigenvalue weighted by atomic mass is 16.5. The summed E-state index contributed by atoms with van der Waals surface area (Å²) in [4.78, 5) is 4.49. The molecular weight excluding hydrogens is 288 g/mol. The van der Waals surface area contributed by atoms with E-state index in [1.165, 1.54) is 29.3 Å². The van der Waals surface area contributed by atoms with Gasteiger partial charge in [0.1, 0.15) is 6.33 Å². The lowest BCUT2D eigenvalue weighted by Gasteiger charge is -2.04. The van der Waals surface area contributed by atoms with E-state index in [9.17, 15) is 0 Å². The number of hydrogen-bond acceptors (Lipinski definition) is 3. The molecule has 1 fully saturated rings. The van der Waals surface area contributed by atoms with E-state index in [0.29, 0.717) is 0 Å². The highest BCUT2D eigenvalue weighted by Crippen LogP contribution is 2.31. The maximum atomic E-state index is 5.19. The van der Waals surface area contributed by atoms with Gasteiger partial charge in [-0.05, 0) is 49.4 Å². The van der Waals surface area contributed by atoms with Gasteiger partial charge in [-0.25, -0.2) is 4.98 Å². The molecule has 2 heterocycles. The van der Waals surface area contributed by atoms with Crippen LogP contribution in [0.1, 0.15) is 18.4 Å². The van der Waals surface area contributed by atoms with Gasteiger partial charge in [-0.3, -0.25) is 4.68 Å². The summed E-state index contributed by atoms with van der Waals surface area (Å²) < 4.78 is 9.42. The number of aromatic nitrogens is 4. The van der Waals surface area contributed by atoms with Crippen LogP contribution < -0.4 is 0 Å². The molecule has 5 heteroatoms. The number of rotatable bonds is 6. The second-order valence-corrected chi connectivity index (χ2v) is 6.46. The lowest BCUT2D eigenvalue weighted by atomic mass is 10.1. The third-order valence-corrected chi connectivity index (χ3v) is 4.55. The zero-order valence-corrected chi connectivity index (χ0v) is 13.7. The molecule has 0 amide bonds. The van der Waals surface area contributed by atoms with Crippen LogP contribution in [0.2, 0.25) is 0 Å². The predicted octanol–water partition coefficient (Wildman–Crippen LogP) is 3.26. The first-order chi connectivity index (χ1) is 11.2. The van der Waals surface area contributed by atoms with Crippen LogP contribution in [0.25, 0.3) is 22.3 Å². The maximum Gasteiger partial charge on any atom is 0.181 e. The molecule has 1 saturated carbocycles. The molecule has 0 N–H and O–H groups in total. The first kappa shape index (κ1) is 14.5. The standard InChI is InChI=1S/C18H22N4O/c1-13-10-21(7-8-23-2)17-6-5-15(9-16(13)17)18-19-12-22(20-18)11-14-3-4-14/h5-6,9-10,12,14H,3-4,7-8,11H2,1-2H3. The van der Waals surface area contributed by atoms with E-state index in [0.717, 1.165) is 37.0 Å². The molecular formula is C18H22N4O. The van der Waals surface area contributed by atoms with Crippen molar-refractivity contribution < 1.29 is 4.74 Å². The van der Waals surface area contributed by atoms with E-state index >= 15 is 0 Å². The molecule has 2 aromatic heterocycles. The lowest BCUT2D eigenvalue weighted by molar-refractivity contribution is 0.188. The van der Waals surface area contributed by atoms with Gasteiger partial charge in [-0.15, -0.1) is 0 Å². The summed E-state index contributed by atoms with van der Waals surface area (Å²) in [6.07, 6.45) is 6.70. The molecule has 5 nitrogen and oxygen atoms in total. The van der Waals surface area contributed by atoms with Crippen LogP contribution in [0, 0.1) is 12.8 Å². The molecule has 3 aromatic rings. The summed E-state index contributed by atoms with van der Waals surface area (Å²) in [7, 11) is 1.74. The summed E-state index contributed by atoms with van der Waals surface area (Å²) in [5.41, 5.74) is 3.59. The van der Waals surface area contributed by atoms with Crippen LogP contribution in [0.3, 0.4) is 0 Å². The van der Waals surface area contributed by atoms with Crippen LogP contribution in [-0.2, 0) is 17.8 Å². The van der Waals surface area contributed by atoms with Crippen molar-refractivity contribution >= 4 is 10.9 Å². The van der Waals surface area contributed by atoms with Crippen molar-refractivity contribution in [3.63, 3.8) is 0 Å². The van der Waals surface area contributed by atoms with Crippen molar-refractivity contribution in [2.75, 3.05) is 13.7 Å². The van der Waals surface area contributed by atoms with Crippen LogP contribution in [0.4, 0.5) is 0 Å². The number of ether oxygens (including phenoxy) is 1. The Morgan fingerprint density at radius 3 is 2.96 bits per heavy atom. The molecule has 0 unspecified atom stereocenters. The Kier molecular flexibility index (Phi) is 3.65. The Labute approximate surface area is 135 Å². The molecule has 1 aliphatic rings. The second-order valence-electron chi connectivity index (χ2n) is 6.46. The lowest BCUT2D eigenvalue weighted by Crippen LogP contribution is -2.02. The van der Waals surface area contributed by atoms with Gasteiger partial charge in [0.05, 0.1) is 6.61 Å². The molecule has 23 heavy (non-hydrogen) atoms. The number of benzene rings is 1. The van der Waals surface area contributed by atoms with E-state index in [4.69, 9.17) is 4.74 Å². The van der Waals surface area contributed by atoms with Gasteiger partial charge in [0, 0.05) is 42.9 Å². The SMILES string of the molecule is COCCn1cc(C)c2cc(-c3ncn(CC4CC4)n3)ccc21. The van der Waals surface area contributed by atoms with E-state index in [-0.39, 0.29) is 0 Å². The molecule has 0 saturated heterocycles. The number of nitrogens with zero attached hydrogens (tertiary/aromatic N) is 4. The average Bonchev–Trinajstić information content (AvgIpc) is 3.15. The second kappa shape index (κ2) is 5.81. The van der Waals surface area contributed by atoms with Crippen molar-refractivity contribution in [1.29, 1.82) is 0 Å². The molecule has 4 rings (SSSR count). The largest absolute Gasteiger partial charge is 0.383 e. The molecule has 0 aliphatic heterocycles.